The zero-order valence-corrected chi connectivity index (χ0v) is 16.1. The molecule has 0 saturated heterocycles. The summed E-state index contributed by atoms with van der Waals surface area (Å²) in [5.41, 5.74) is -5.56. The van der Waals surface area contributed by atoms with Crippen LogP contribution in [0.2, 0.25) is 0 Å². The summed E-state index contributed by atoms with van der Waals surface area (Å²) in [7, 11) is 0. The second-order valence-corrected chi connectivity index (χ2v) is 6.57. The highest BCUT2D eigenvalue weighted by Crippen LogP contribution is 2.56. The van der Waals surface area contributed by atoms with Crippen LogP contribution in [-0.4, -0.2) is 25.4 Å². The molecule has 4 nitrogen and oxygen atoms in total. The lowest BCUT2D eigenvalue weighted by molar-refractivity contribution is -0.288. The average molecular weight is 440 g/mol. The van der Waals surface area contributed by atoms with Crippen LogP contribution in [0, 0.1) is 22.7 Å². The number of anilines is 2. The molecule has 0 aliphatic rings. The molecule has 0 unspecified atom stereocenters. The van der Waals surface area contributed by atoms with E-state index in [0.717, 1.165) is 48.5 Å². The molecule has 0 atom stereocenters. The topological polar surface area (TPSA) is 71.6 Å². The lowest BCUT2D eigenvalue weighted by Gasteiger charge is -2.38. The molecule has 2 N–H and O–H groups in total. The number of halogens is 6. The van der Waals surface area contributed by atoms with Gasteiger partial charge in [-0.25, -0.2) is 0 Å². The molecule has 2 aromatic rings. The summed E-state index contributed by atoms with van der Waals surface area (Å²) < 4.78 is 84.7. The van der Waals surface area contributed by atoms with Crippen LogP contribution >= 0.6 is 0 Å². The van der Waals surface area contributed by atoms with Crippen molar-refractivity contribution in [2.75, 3.05) is 23.7 Å². The summed E-state index contributed by atoms with van der Waals surface area (Å²) in [6.45, 7) is 0.416. The highest BCUT2D eigenvalue weighted by Gasteiger charge is 2.72. The molecular formula is C21H18F6N4. The van der Waals surface area contributed by atoms with Gasteiger partial charge in [0, 0.05) is 24.5 Å². The predicted molar refractivity (Wildman–Crippen MR) is 103 cm³/mol. The van der Waals surface area contributed by atoms with Gasteiger partial charge in [0.2, 0.25) is 5.41 Å². The van der Waals surface area contributed by atoms with Crippen molar-refractivity contribution in [1.82, 2.24) is 0 Å². The largest absolute Gasteiger partial charge is 0.411 e. The van der Waals surface area contributed by atoms with E-state index in [2.05, 4.69) is 10.6 Å². The summed E-state index contributed by atoms with van der Waals surface area (Å²) in [5.74, 6) is 0. The summed E-state index contributed by atoms with van der Waals surface area (Å²) in [4.78, 5) is 0. The van der Waals surface area contributed by atoms with Gasteiger partial charge >= 0.3 is 12.4 Å². The van der Waals surface area contributed by atoms with Crippen LogP contribution < -0.4 is 10.6 Å². The molecule has 0 fully saturated rings. The van der Waals surface area contributed by atoms with Crippen LogP contribution in [0.15, 0.2) is 48.5 Å². The van der Waals surface area contributed by atoms with E-state index in [9.17, 15) is 26.3 Å². The lowest BCUT2D eigenvalue weighted by atomic mass is 9.73. The second kappa shape index (κ2) is 9.61. The molecule has 0 heterocycles. The van der Waals surface area contributed by atoms with Crippen molar-refractivity contribution < 1.29 is 26.3 Å². The smallest absolute Gasteiger partial charge is 0.384 e. The number of rotatable bonds is 8. The first-order chi connectivity index (χ1) is 14.6. The van der Waals surface area contributed by atoms with Gasteiger partial charge in [-0.05, 0) is 35.4 Å². The molecular weight excluding hydrogens is 422 g/mol. The van der Waals surface area contributed by atoms with Crippen molar-refractivity contribution in [1.29, 1.82) is 10.5 Å². The Labute approximate surface area is 175 Å². The van der Waals surface area contributed by atoms with Crippen molar-refractivity contribution in [3.8, 4) is 12.1 Å². The van der Waals surface area contributed by atoms with E-state index in [1.54, 1.807) is 0 Å². The lowest BCUT2D eigenvalue weighted by Crippen LogP contribution is -2.54. The minimum Gasteiger partial charge on any atom is -0.384 e. The molecule has 10 heteroatoms. The summed E-state index contributed by atoms with van der Waals surface area (Å²) in [6.07, 6.45) is -11.1. The van der Waals surface area contributed by atoms with Gasteiger partial charge in [0.15, 0.2) is 0 Å². The monoisotopic (exact) mass is 440 g/mol. The highest BCUT2D eigenvalue weighted by molar-refractivity contribution is 5.53. The number of nitrogens with one attached hydrogen (secondary N) is 2. The fraction of sp³-hybridized carbons (Fsp3) is 0.333. The van der Waals surface area contributed by atoms with Crippen LogP contribution in [0.3, 0.4) is 0 Å². The van der Waals surface area contributed by atoms with E-state index < -0.39 is 28.9 Å². The number of nitriles is 2. The van der Waals surface area contributed by atoms with Gasteiger partial charge in [0.25, 0.3) is 0 Å². The Kier molecular flexibility index (Phi) is 7.40. The first-order valence-corrected chi connectivity index (χ1v) is 9.14. The Balaban J connectivity index is 2.53. The van der Waals surface area contributed by atoms with E-state index in [0.29, 0.717) is 11.4 Å². The zero-order valence-electron chi connectivity index (χ0n) is 16.1. The minimum absolute atomic E-state index is 0.130. The molecule has 0 spiro atoms. The van der Waals surface area contributed by atoms with Crippen LogP contribution in [0.5, 0.6) is 0 Å². The van der Waals surface area contributed by atoms with E-state index in [1.807, 2.05) is 12.1 Å². The number of nitrogens with zero attached hydrogens (tertiary/aromatic N) is 2. The molecule has 164 valence electrons. The Morgan fingerprint density at radius 3 is 1.19 bits per heavy atom. The van der Waals surface area contributed by atoms with Crippen LogP contribution in [0.25, 0.3) is 0 Å². The average Bonchev–Trinajstić information content (AvgIpc) is 2.69. The standard InChI is InChI=1S/C21H18F6N4/c22-20(23,24)19(21(25,26)27,15-3-7-17(8-4-15)30-13-1-11-28)16-5-9-18(10-6-16)31-14-2-12-29/h3-10,30-31H,1-2,13-14H2. The number of hydrogen-bond acceptors (Lipinski definition) is 4. The summed E-state index contributed by atoms with van der Waals surface area (Å²) in [6, 6.07) is 11.4. The fourth-order valence-electron chi connectivity index (χ4n) is 3.18. The molecule has 2 aromatic carbocycles. The summed E-state index contributed by atoms with van der Waals surface area (Å²) >= 11 is 0. The van der Waals surface area contributed by atoms with Crippen molar-refractivity contribution in [2.45, 2.75) is 30.6 Å². The molecule has 0 radical (unpaired) electrons. The Hall–Kier alpha value is -3.40. The first-order valence-electron chi connectivity index (χ1n) is 9.14. The van der Waals surface area contributed by atoms with Crippen LogP contribution in [0.1, 0.15) is 24.0 Å². The van der Waals surface area contributed by atoms with E-state index >= 15 is 0 Å². The van der Waals surface area contributed by atoms with Crippen LogP contribution in [0.4, 0.5) is 37.7 Å². The number of benzene rings is 2. The quantitative estimate of drug-likeness (QED) is 0.405. The maximum absolute atomic E-state index is 14.1. The van der Waals surface area contributed by atoms with Crippen LogP contribution in [-0.2, 0) is 5.41 Å². The first kappa shape index (κ1) is 23.9. The van der Waals surface area contributed by atoms with Crippen molar-refractivity contribution in [2.24, 2.45) is 0 Å². The predicted octanol–water partition coefficient (Wildman–Crippen LogP) is 5.75. The van der Waals surface area contributed by atoms with Crippen molar-refractivity contribution >= 4 is 11.4 Å². The molecule has 0 amide bonds. The van der Waals surface area contributed by atoms with E-state index in [1.165, 1.54) is 0 Å². The molecule has 0 aromatic heterocycles. The SMILES string of the molecule is N#CCCNc1ccc(C(c2ccc(NCCC#N)cc2)(C(F)(F)F)C(F)(F)F)cc1. The third-order valence-corrected chi connectivity index (χ3v) is 4.62. The van der Waals surface area contributed by atoms with Gasteiger partial charge in [-0.2, -0.15) is 36.9 Å². The van der Waals surface area contributed by atoms with E-state index in [-0.39, 0.29) is 25.9 Å². The second-order valence-electron chi connectivity index (χ2n) is 6.57. The number of alkyl halides is 6. The summed E-state index contributed by atoms with van der Waals surface area (Å²) in [5, 5.41) is 22.6. The normalized spacial score (nSPS) is 12.0. The highest BCUT2D eigenvalue weighted by atomic mass is 19.4. The molecule has 0 bridgehead atoms. The molecule has 0 saturated carbocycles. The number of hydrogen-bond donors (Lipinski definition) is 2. The van der Waals surface area contributed by atoms with Gasteiger partial charge in [0.1, 0.15) is 0 Å². The zero-order chi connectivity index (χ0) is 23.1. The van der Waals surface area contributed by atoms with Gasteiger partial charge < -0.3 is 10.6 Å². The Morgan fingerprint density at radius 1 is 0.613 bits per heavy atom. The van der Waals surface area contributed by atoms with Gasteiger partial charge in [0.05, 0.1) is 25.0 Å². The van der Waals surface area contributed by atoms with Gasteiger partial charge in [-0.3, -0.25) is 0 Å². The molecule has 0 aliphatic heterocycles. The maximum Gasteiger partial charge on any atom is 0.411 e. The van der Waals surface area contributed by atoms with Crippen molar-refractivity contribution in [3.63, 3.8) is 0 Å². The van der Waals surface area contributed by atoms with E-state index in [4.69, 9.17) is 10.5 Å². The third kappa shape index (κ3) is 5.02. The van der Waals surface area contributed by atoms with Gasteiger partial charge in [-0.1, -0.05) is 24.3 Å². The molecule has 31 heavy (non-hydrogen) atoms. The molecule has 0 aliphatic carbocycles. The molecule has 2 rings (SSSR count). The fourth-order valence-corrected chi connectivity index (χ4v) is 3.18. The third-order valence-electron chi connectivity index (χ3n) is 4.62. The minimum atomic E-state index is -5.67. The van der Waals surface area contributed by atoms with Gasteiger partial charge in [-0.15, -0.1) is 0 Å². The maximum atomic E-state index is 14.1. The Morgan fingerprint density at radius 2 is 0.935 bits per heavy atom. The Bertz CT molecular complexity index is 855. The van der Waals surface area contributed by atoms with Crippen molar-refractivity contribution in [3.05, 3.63) is 59.7 Å².